The van der Waals surface area contributed by atoms with Crippen LogP contribution in [0.2, 0.25) is 5.02 Å². The average molecular weight is 323 g/mol. The van der Waals surface area contributed by atoms with E-state index in [1.165, 1.54) is 19.3 Å². The molecule has 0 aliphatic heterocycles. The first-order valence-electron chi connectivity index (χ1n) is 7.82. The van der Waals surface area contributed by atoms with Crippen molar-refractivity contribution in [2.24, 2.45) is 0 Å². The predicted molar refractivity (Wildman–Crippen MR) is 88.0 cm³/mol. The number of nitrogens with zero attached hydrogens (tertiary/aromatic N) is 1. The SMILES string of the molecule is CC(NC(=O)c1ccc(Cl)cc1)C(=O)N(C)C1CCCCC1. The van der Waals surface area contributed by atoms with Crippen molar-refractivity contribution in [2.75, 3.05) is 7.05 Å². The van der Waals surface area contributed by atoms with Crippen molar-refractivity contribution in [3.8, 4) is 0 Å². The average Bonchev–Trinajstić information content (AvgIpc) is 2.54. The summed E-state index contributed by atoms with van der Waals surface area (Å²) < 4.78 is 0. The monoisotopic (exact) mass is 322 g/mol. The molecule has 1 atom stereocenters. The number of benzene rings is 1. The Kier molecular flexibility index (Phi) is 5.83. The van der Waals surface area contributed by atoms with E-state index in [-0.39, 0.29) is 11.8 Å². The van der Waals surface area contributed by atoms with Gasteiger partial charge in [-0.1, -0.05) is 30.9 Å². The molecule has 0 aromatic heterocycles. The molecule has 4 nitrogen and oxygen atoms in total. The van der Waals surface area contributed by atoms with E-state index in [4.69, 9.17) is 11.6 Å². The Morgan fingerprint density at radius 3 is 2.36 bits per heavy atom. The van der Waals surface area contributed by atoms with E-state index < -0.39 is 6.04 Å². The second-order valence-electron chi connectivity index (χ2n) is 5.94. The van der Waals surface area contributed by atoms with Crippen molar-refractivity contribution in [3.05, 3.63) is 34.9 Å². The highest BCUT2D eigenvalue weighted by Crippen LogP contribution is 2.22. The number of carbonyl (C=O) groups excluding carboxylic acids is 2. The van der Waals surface area contributed by atoms with Gasteiger partial charge in [0.2, 0.25) is 5.91 Å². The zero-order chi connectivity index (χ0) is 16.1. The number of hydrogen-bond donors (Lipinski definition) is 1. The van der Waals surface area contributed by atoms with Gasteiger partial charge in [0.05, 0.1) is 0 Å². The Morgan fingerprint density at radius 1 is 1.18 bits per heavy atom. The van der Waals surface area contributed by atoms with Crippen molar-refractivity contribution in [1.29, 1.82) is 0 Å². The summed E-state index contributed by atoms with van der Waals surface area (Å²) in [6.07, 6.45) is 5.71. The molecule has 1 aliphatic carbocycles. The van der Waals surface area contributed by atoms with E-state index in [1.54, 1.807) is 36.1 Å². The summed E-state index contributed by atoms with van der Waals surface area (Å²) in [6.45, 7) is 1.73. The third kappa shape index (κ3) is 4.23. The fourth-order valence-electron chi connectivity index (χ4n) is 2.90. The molecule has 1 aromatic rings. The van der Waals surface area contributed by atoms with Gasteiger partial charge in [0.1, 0.15) is 6.04 Å². The second kappa shape index (κ2) is 7.63. The molecule has 1 aliphatic rings. The van der Waals surface area contributed by atoms with Crippen molar-refractivity contribution >= 4 is 23.4 Å². The van der Waals surface area contributed by atoms with Crippen molar-refractivity contribution in [2.45, 2.75) is 51.1 Å². The first kappa shape index (κ1) is 16.8. The maximum atomic E-state index is 12.5. The van der Waals surface area contributed by atoms with E-state index in [9.17, 15) is 9.59 Å². The van der Waals surface area contributed by atoms with Gasteiger partial charge in [-0.15, -0.1) is 0 Å². The van der Waals surface area contributed by atoms with Crippen LogP contribution in [0, 0.1) is 0 Å². The van der Waals surface area contributed by atoms with E-state index in [0.29, 0.717) is 16.6 Å². The molecular formula is C17H23ClN2O2. The van der Waals surface area contributed by atoms with Crippen LogP contribution in [0.25, 0.3) is 0 Å². The Morgan fingerprint density at radius 2 is 1.77 bits per heavy atom. The largest absolute Gasteiger partial charge is 0.341 e. The van der Waals surface area contributed by atoms with Gasteiger partial charge in [0.15, 0.2) is 0 Å². The smallest absolute Gasteiger partial charge is 0.251 e. The minimum atomic E-state index is -0.532. The fraction of sp³-hybridized carbons (Fsp3) is 0.529. The van der Waals surface area contributed by atoms with Crippen LogP contribution in [0.15, 0.2) is 24.3 Å². The first-order valence-corrected chi connectivity index (χ1v) is 8.20. The van der Waals surface area contributed by atoms with Crippen LogP contribution in [0.4, 0.5) is 0 Å². The fourth-order valence-corrected chi connectivity index (χ4v) is 3.02. The van der Waals surface area contributed by atoms with E-state index in [0.717, 1.165) is 12.8 Å². The third-order valence-electron chi connectivity index (χ3n) is 4.29. The van der Waals surface area contributed by atoms with Gasteiger partial charge in [-0.25, -0.2) is 0 Å². The molecule has 2 rings (SSSR count). The highest BCUT2D eigenvalue weighted by atomic mass is 35.5. The minimum Gasteiger partial charge on any atom is -0.341 e. The molecule has 1 fully saturated rings. The van der Waals surface area contributed by atoms with Crippen LogP contribution in [-0.2, 0) is 4.79 Å². The lowest BCUT2D eigenvalue weighted by atomic mass is 9.94. The maximum absolute atomic E-state index is 12.5. The number of amides is 2. The predicted octanol–water partition coefficient (Wildman–Crippen LogP) is 3.25. The standard InChI is InChI=1S/C17H23ClN2O2/c1-12(17(22)20(2)15-6-4-3-5-7-15)19-16(21)13-8-10-14(18)11-9-13/h8-12,15H,3-7H2,1-2H3,(H,19,21). The van der Waals surface area contributed by atoms with Gasteiger partial charge in [0.25, 0.3) is 5.91 Å². The molecular weight excluding hydrogens is 300 g/mol. The van der Waals surface area contributed by atoms with E-state index in [2.05, 4.69) is 5.32 Å². The lowest BCUT2D eigenvalue weighted by molar-refractivity contribution is -0.134. The summed E-state index contributed by atoms with van der Waals surface area (Å²) in [7, 11) is 1.84. The normalized spacial score (nSPS) is 16.9. The highest BCUT2D eigenvalue weighted by Gasteiger charge is 2.26. The molecule has 0 spiro atoms. The second-order valence-corrected chi connectivity index (χ2v) is 6.38. The van der Waals surface area contributed by atoms with Crippen LogP contribution in [0.3, 0.4) is 0 Å². The Hall–Kier alpha value is -1.55. The molecule has 1 N–H and O–H groups in total. The molecule has 0 bridgehead atoms. The molecule has 0 radical (unpaired) electrons. The summed E-state index contributed by atoms with van der Waals surface area (Å²) in [6, 6.07) is 6.40. The number of carbonyl (C=O) groups is 2. The minimum absolute atomic E-state index is 0.0331. The molecule has 1 saturated carbocycles. The molecule has 1 unspecified atom stereocenters. The molecule has 22 heavy (non-hydrogen) atoms. The Labute approximate surface area is 136 Å². The van der Waals surface area contributed by atoms with Crippen LogP contribution in [0.5, 0.6) is 0 Å². The molecule has 5 heteroatoms. The van der Waals surface area contributed by atoms with E-state index in [1.807, 2.05) is 7.05 Å². The Balaban J connectivity index is 1.92. The van der Waals surface area contributed by atoms with Crippen LogP contribution in [-0.4, -0.2) is 35.8 Å². The first-order chi connectivity index (χ1) is 10.5. The van der Waals surface area contributed by atoms with Gasteiger partial charge < -0.3 is 10.2 Å². The zero-order valence-corrected chi connectivity index (χ0v) is 13.9. The molecule has 0 heterocycles. The van der Waals surface area contributed by atoms with Gasteiger partial charge in [-0.2, -0.15) is 0 Å². The van der Waals surface area contributed by atoms with Crippen LogP contribution < -0.4 is 5.32 Å². The summed E-state index contributed by atoms with van der Waals surface area (Å²) in [5, 5.41) is 3.34. The molecule has 2 amide bonds. The molecule has 1 aromatic carbocycles. The highest BCUT2D eigenvalue weighted by molar-refractivity contribution is 6.30. The zero-order valence-electron chi connectivity index (χ0n) is 13.1. The van der Waals surface area contributed by atoms with Gasteiger partial charge in [0, 0.05) is 23.7 Å². The topological polar surface area (TPSA) is 49.4 Å². The molecule has 0 saturated heterocycles. The quantitative estimate of drug-likeness (QED) is 0.925. The number of halogens is 1. The number of hydrogen-bond acceptors (Lipinski definition) is 2. The summed E-state index contributed by atoms with van der Waals surface area (Å²) in [4.78, 5) is 26.4. The Bertz CT molecular complexity index is 524. The number of likely N-dealkylation sites (N-methyl/N-ethyl adjacent to an activating group) is 1. The van der Waals surface area contributed by atoms with Crippen molar-refractivity contribution in [1.82, 2.24) is 10.2 Å². The number of rotatable bonds is 4. The molecule has 120 valence electrons. The summed E-state index contributed by atoms with van der Waals surface area (Å²) >= 11 is 5.81. The number of nitrogens with one attached hydrogen (secondary N) is 1. The summed E-state index contributed by atoms with van der Waals surface area (Å²) in [5.41, 5.74) is 0.504. The van der Waals surface area contributed by atoms with Crippen LogP contribution in [0.1, 0.15) is 49.4 Å². The third-order valence-corrected chi connectivity index (χ3v) is 4.55. The van der Waals surface area contributed by atoms with Crippen molar-refractivity contribution in [3.63, 3.8) is 0 Å². The van der Waals surface area contributed by atoms with Gasteiger partial charge >= 0.3 is 0 Å². The lowest BCUT2D eigenvalue weighted by Gasteiger charge is -2.33. The summed E-state index contributed by atoms with van der Waals surface area (Å²) in [5.74, 6) is -0.288. The van der Waals surface area contributed by atoms with Gasteiger partial charge in [-0.05, 0) is 44.0 Å². The maximum Gasteiger partial charge on any atom is 0.251 e. The van der Waals surface area contributed by atoms with Crippen LogP contribution >= 0.6 is 11.6 Å². The lowest BCUT2D eigenvalue weighted by Crippen LogP contribution is -2.49. The van der Waals surface area contributed by atoms with E-state index >= 15 is 0 Å². The van der Waals surface area contributed by atoms with Gasteiger partial charge in [-0.3, -0.25) is 9.59 Å². The van der Waals surface area contributed by atoms with Crippen molar-refractivity contribution < 1.29 is 9.59 Å².